The Labute approximate surface area is 175 Å². The maximum absolute atomic E-state index is 12.5. The van der Waals surface area contributed by atoms with Gasteiger partial charge in [0.05, 0.1) is 24.3 Å². The molecule has 2 heterocycles. The highest BCUT2D eigenvalue weighted by molar-refractivity contribution is 7.16. The molecule has 0 bridgehead atoms. The molecule has 1 aromatic heterocycles. The van der Waals surface area contributed by atoms with Crippen LogP contribution >= 0.6 is 11.3 Å². The van der Waals surface area contributed by atoms with Crippen molar-refractivity contribution in [3.63, 3.8) is 0 Å². The van der Waals surface area contributed by atoms with Crippen molar-refractivity contribution in [3.05, 3.63) is 64.5 Å². The van der Waals surface area contributed by atoms with Gasteiger partial charge >= 0.3 is 0 Å². The molecule has 2 aliphatic rings. The Morgan fingerprint density at radius 1 is 1.21 bits per heavy atom. The smallest absolute Gasteiger partial charge is 0.224 e. The number of amides is 1. The quantitative estimate of drug-likeness (QED) is 0.608. The second-order valence-corrected chi connectivity index (χ2v) is 9.26. The van der Waals surface area contributed by atoms with Crippen molar-refractivity contribution in [2.45, 2.75) is 51.5 Å². The first-order valence-corrected chi connectivity index (χ1v) is 11.0. The van der Waals surface area contributed by atoms with E-state index in [1.807, 2.05) is 17.0 Å². The number of carbonyl (C=O) groups excluding carboxylic acids is 1. The molecular weight excluding hydrogens is 382 g/mol. The maximum atomic E-state index is 12.5. The molecule has 2 aromatic carbocycles. The van der Waals surface area contributed by atoms with Gasteiger partial charge in [0.15, 0.2) is 5.79 Å². The molecule has 0 saturated carbocycles. The van der Waals surface area contributed by atoms with E-state index in [0.29, 0.717) is 13.2 Å². The molecule has 5 heteroatoms. The van der Waals surface area contributed by atoms with E-state index in [0.717, 1.165) is 29.8 Å². The second kappa shape index (κ2) is 7.24. The minimum absolute atomic E-state index is 0.0634. The highest BCUT2D eigenvalue weighted by Crippen LogP contribution is 2.43. The Morgan fingerprint density at radius 3 is 2.79 bits per heavy atom. The van der Waals surface area contributed by atoms with Crippen molar-refractivity contribution >= 4 is 33.0 Å². The molecule has 0 radical (unpaired) electrons. The van der Waals surface area contributed by atoms with Crippen LogP contribution in [0.15, 0.2) is 48.5 Å². The largest absolute Gasteiger partial charge is 0.347 e. The molecule has 1 aliphatic carbocycles. The Kier molecular flexibility index (Phi) is 4.69. The SMILES string of the molecule is CC(=O)N(Cc1ccc2ccccc2c1)c1cc2c(s1)CC1(CC2)OCC(C)O1. The van der Waals surface area contributed by atoms with Gasteiger partial charge in [-0.2, -0.15) is 0 Å². The summed E-state index contributed by atoms with van der Waals surface area (Å²) in [7, 11) is 0. The predicted octanol–water partition coefficient (Wildman–Crippen LogP) is 5.07. The van der Waals surface area contributed by atoms with Crippen molar-refractivity contribution in [2.75, 3.05) is 11.5 Å². The Morgan fingerprint density at radius 2 is 2.03 bits per heavy atom. The van der Waals surface area contributed by atoms with Crippen LogP contribution in [0.4, 0.5) is 5.00 Å². The normalized spacial score (nSPS) is 23.4. The number of anilines is 1. The zero-order chi connectivity index (χ0) is 20.0. The molecule has 1 amide bonds. The van der Waals surface area contributed by atoms with Crippen molar-refractivity contribution < 1.29 is 14.3 Å². The van der Waals surface area contributed by atoms with Gasteiger partial charge in [0, 0.05) is 24.6 Å². The molecule has 4 nitrogen and oxygen atoms in total. The highest BCUT2D eigenvalue weighted by atomic mass is 32.1. The summed E-state index contributed by atoms with van der Waals surface area (Å²) in [4.78, 5) is 15.7. The van der Waals surface area contributed by atoms with Crippen LogP contribution in [0.25, 0.3) is 10.8 Å². The Bertz CT molecular complexity index is 1070. The number of thiophene rings is 1. The highest BCUT2D eigenvalue weighted by Gasteiger charge is 2.43. The van der Waals surface area contributed by atoms with Gasteiger partial charge in [-0.05, 0) is 47.4 Å². The summed E-state index contributed by atoms with van der Waals surface area (Å²) in [6.07, 6.45) is 2.74. The fraction of sp³-hybridized carbons (Fsp3) is 0.375. The summed E-state index contributed by atoms with van der Waals surface area (Å²) in [6, 6.07) is 16.9. The first-order chi connectivity index (χ1) is 14.0. The van der Waals surface area contributed by atoms with Gasteiger partial charge < -0.3 is 9.47 Å². The zero-order valence-electron chi connectivity index (χ0n) is 16.8. The number of carbonyl (C=O) groups is 1. The second-order valence-electron chi connectivity index (χ2n) is 8.15. The summed E-state index contributed by atoms with van der Waals surface area (Å²) < 4.78 is 12.1. The van der Waals surface area contributed by atoms with E-state index in [-0.39, 0.29) is 12.0 Å². The molecule has 29 heavy (non-hydrogen) atoms. The summed E-state index contributed by atoms with van der Waals surface area (Å²) >= 11 is 1.70. The summed E-state index contributed by atoms with van der Waals surface area (Å²) in [5.41, 5.74) is 2.46. The standard InChI is InChI=1S/C24H25NO3S/c1-16-15-27-24(28-16)10-9-21-12-23(29-22(21)13-24)25(17(2)26)14-18-7-8-19-5-3-4-6-20(19)11-18/h3-8,11-12,16H,9-10,13-15H2,1-2H3. The summed E-state index contributed by atoms with van der Waals surface area (Å²) in [5, 5.41) is 3.43. The topological polar surface area (TPSA) is 38.8 Å². The lowest BCUT2D eigenvalue weighted by Gasteiger charge is -2.31. The van der Waals surface area contributed by atoms with Gasteiger partial charge in [-0.1, -0.05) is 36.4 Å². The average molecular weight is 408 g/mol. The third-order valence-corrected chi connectivity index (χ3v) is 7.09. The van der Waals surface area contributed by atoms with Crippen LogP contribution in [-0.4, -0.2) is 24.4 Å². The van der Waals surface area contributed by atoms with E-state index >= 15 is 0 Å². The molecule has 2 atom stereocenters. The molecule has 1 saturated heterocycles. The van der Waals surface area contributed by atoms with Gasteiger partial charge in [0.2, 0.25) is 5.91 Å². The maximum Gasteiger partial charge on any atom is 0.224 e. The first-order valence-electron chi connectivity index (χ1n) is 10.2. The van der Waals surface area contributed by atoms with E-state index in [9.17, 15) is 4.79 Å². The number of aryl methyl sites for hydroxylation is 1. The summed E-state index contributed by atoms with van der Waals surface area (Å²) in [6.45, 7) is 4.95. The first kappa shape index (κ1) is 18.8. The predicted molar refractivity (Wildman–Crippen MR) is 116 cm³/mol. The van der Waals surface area contributed by atoms with Crippen LogP contribution in [0.5, 0.6) is 0 Å². The molecule has 1 aliphatic heterocycles. The number of benzene rings is 2. The number of hydrogen-bond acceptors (Lipinski definition) is 4. The van der Waals surface area contributed by atoms with Crippen molar-refractivity contribution in [1.29, 1.82) is 0 Å². The number of hydrogen-bond donors (Lipinski definition) is 0. The fourth-order valence-electron chi connectivity index (χ4n) is 4.39. The van der Waals surface area contributed by atoms with Crippen molar-refractivity contribution in [2.24, 2.45) is 0 Å². The molecular formula is C24H25NO3S. The number of ether oxygens (including phenoxy) is 2. The van der Waals surface area contributed by atoms with Crippen LogP contribution < -0.4 is 4.90 Å². The molecule has 150 valence electrons. The van der Waals surface area contributed by atoms with Crippen LogP contribution in [-0.2, 0) is 33.7 Å². The van der Waals surface area contributed by atoms with Crippen LogP contribution in [0.3, 0.4) is 0 Å². The number of fused-ring (bicyclic) bond motifs is 2. The molecule has 3 aromatic rings. The van der Waals surface area contributed by atoms with Gasteiger partial charge in [0.25, 0.3) is 0 Å². The van der Waals surface area contributed by atoms with E-state index in [4.69, 9.17) is 9.47 Å². The van der Waals surface area contributed by atoms with Gasteiger partial charge in [-0.25, -0.2) is 0 Å². The fourth-order valence-corrected chi connectivity index (χ4v) is 5.74. The molecule has 1 fully saturated rings. The zero-order valence-corrected chi connectivity index (χ0v) is 17.6. The number of nitrogens with zero attached hydrogens (tertiary/aromatic N) is 1. The van der Waals surface area contributed by atoms with E-state index in [1.165, 1.54) is 21.2 Å². The molecule has 1 spiro atoms. The third kappa shape index (κ3) is 3.59. The summed E-state index contributed by atoms with van der Waals surface area (Å²) in [5.74, 6) is -0.401. The van der Waals surface area contributed by atoms with Gasteiger partial charge in [-0.3, -0.25) is 9.69 Å². The Balaban J connectivity index is 1.41. The van der Waals surface area contributed by atoms with Crippen molar-refractivity contribution in [1.82, 2.24) is 0 Å². The van der Waals surface area contributed by atoms with E-state index < -0.39 is 5.79 Å². The molecule has 5 rings (SSSR count). The monoisotopic (exact) mass is 407 g/mol. The van der Waals surface area contributed by atoms with Crippen molar-refractivity contribution in [3.8, 4) is 0 Å². The minimum atomic E-state index is -0.464. The number of rotatable bonds is 3. The van der Waals surface area contributed by atoms with Crippen LogP contribution in [0, 0.1) is 0 Å². The van der Waals surface area contributed by atoms with E-state index in [2.05, 4.69) is 43.3 Å². The lowest BCUT2D eigenvalue weighted by Crippen LogP contribution is -2.36. The van der Waals surface area contributed by atoms with Gasteiger partial charge in [-0.15, -0.1) is 11.3 Å². The van der Waals surface area contributed by atoms with Crippen LogP contribution in [0.2, 0.25) is 0 Å². The molecule has 0 N–H and O–H groups in total. The average Bonchev–Trinajstić information content (AvgIpc) is 3.28. The van der Waals surface area contributed by atoms with Gasteiger partial charge in [0.1, 0.15) is 0 Å². The third-order valence-electron chi connectivity index (χ3n) is 5.89. The molecule has 2 unspecified atom stereocenters. The van der Waals surface area contributed by atoms with E-state index in [1.54, 1.807) is 18.3 Å². The lowest BCUT2D eigenvalue weighted by atomic mass is 9.93. The minimum Gasteiger partial charge on any atom is -0.347 e. The lowest BCUT2D eigenvalue weighted by molar-refractivity contribution is -0.172. The van der Waals surface area contributed by atoms with Crippen LogP contribution in [0.1, 0.15) is 36.3 Å². The Hall–Kier alpha value is -2.21.